The molecule has 1 unspecified atom stereocenters. The molecule has 2 aromatic rings. The number of hydrogen-bond donors (Lipinski definition) is 0. The molecule has 0 aliphatic carbocycles. The van der Waals surface area contributed by atoms with Crippen LogP contribution in [0.25, 0.3) is 0 Å². The standard InChI is InChI=1S/C19H22N2O2/c1-4-13-11-16-17(20-12-13)18(23-19(16)22)14-7-9-15(10-8-14)21(5-2)6-3/h7-12,18H,4-6H2,1-3H3. The molecule has 2 heterocycles. The van der Waals surface area contributed by atoms with Crippen LogP contribution < -0.4 is 4.90 Å². The number of nitrogens with zero attached hydrogens (tertiary/aromatic N) is 2. The zero-order valence-electron chi connectivity index (χ0n) is 13.9. The van der Waals surface area contributed by atoms with E-state index >= 15 is 0 Å². The number of carbonyl (C=O) groups is 1. The highest BCUT2D eigenvalue weighted by Gasteiger charge is 2.33. The number of pyridine rings is 1. The van der Waals surface area contributed by atoms with Gasteiger partial charge >= 0.3 is 5.97 Å². The largest absolute Gasteiger partial charge is 0.447 e. The molecule has 3 rings (SSSR count). The maximum atomic E-state index is 12.1. The molecule has 0 spiro atoms. The summed E-state index contributed by atoms with van der Waals surface area (Å²) in [6.45, 7) is 8.27. The minimum atomic E-state index is -0.394. The molecular formula is C19H22N2O2. The second-order valence-corrected chi connectivity index (χ2v) is 5.68. The van der Waals surface area contributed by atoms with Gasteiger partial charge in [-0.3, -0.25) is 4.98 Å². The third kappa shape index (κ3) is 2.81. The van der Waals surface area contributed by atoms with Crippen LogP contribution in [0.5, 0.6) is 0 Å². The Labute approximate surface area is 137 Å². The highest BCUT2D eigenvalue weighted by atomic mass is 16.5. The predicted molar refractivity (Wildman–Crippen MR) is 90.9 cm³/mol. The maximum absolute atomic E-state index is 12.1. The zero-order chi connectivity index (χ0) is 16.4. The minimum absolute atomic E-state index is 0.277. The Morgan fingerprint density at radius 1 is 1.13 bits per heavy atom. The van der Waals surface area contributed by atoms with Crippen LogP contribution in [0.15, 0.2) is 36.5 Å². The molecule has 1 aromatic heterocycles. The highest BCUT2D eigenvalue weighted by Crippen LogP contribution is 2.35. The van der Waals surface area contributed by atoms with Gasteiger partial charge in [0.05, 0.1) is 5.56 Å². The molecule has 0 fully saturated rings. The molecule has 1 aliphatic rings. The van der Waals surface area contributed by atoms with Crippen molar-refractivity contribution in [1.82, 2.24) is 4.98 Å². The topological polar surface area (TPSA) is 42.4 Å². The van der Waals surface area contributed by atoms with Crippen molar-refractivity contribution in [2.75, 3.05) is 18.0 Å². The summed E-state index contributed by atoms with van der Waals surface area (Å²) in [5.74, 6) is -0.277. The van der Waals surface area contributed by atoms with Gasteiger partial charge in [0.1, 0.15) is 5.69 Å². The van der Waals surface area contributed by atoms with Crippen LogP contribution in [0.4, 0.5) is 5.69 Å². The average molecular weight is 310 g/mol. The van der Waals surface area contributed by atoms with Crippen LogP contribution in [0.3, 0.4) is 0 Å². The van der Waals surface area contributed by atoms with Crippen LogP contribution in [0, 0.1) is 0 Å². The number of hydrogen-bond acceptors (Lipinski definition) is 4. The van der Waals surface area contributed by atoms with Crippen LogP contribution in [-0.2, 0) is 11.2 Å². The molecule has 1 aromatic carbocycles. The molecular weight excluding hydrogens is 288 g/mol. The fraction of sp³-hybridized carbons (Fsp3) is 0.368. The lowest BCUT2D eigenvalue weighted by atomic mass is 10.0. The number of aryl methyl sites for hydroxylation is 1. The molecule has 0 radical (unpaired) electrons. The van der Waals surface area contributed by atoms with Gasteiger partial charge in [-0.2, -0.15) is 0 Å². The monoisotopic (exact) mass is 310 g/mol. The van der Waals surface area contributed by atoms with E-state index in [9.17, 15) is 4.79 Å². The van der Waals surface area contributed by atoms with E-state index in [0.717, 1.165) is 36.3 Å². The summed E-state index contributed by atoms with van der Waals surface area (Å²) < 4.78 is 5.56. The lowest BCUT2D eigenvalue weighted by molar-refractivity contribution is 0.0452. The molecule has 0 amide bonds. The van der Waals surface area contributed by atoms with E-state index < -0.39 is 6.10 Å². The summed E-state index contributed by atoms with van der Waals surface area (Å²) in [6.07, 6.45) is 2.30. The van der Waals surface area contributed by atoms with E-state index in [1.807, 2.05) is 31.3 Å². The van der Waals surface area contributed by atoms with Crippen LogP contribution in [0.2, 0.25) is 0 Å². The summed E-state index contributed by atoms with van der Waals surface area (Å²) in [6, 6.07) is 10.1. The third-order valence-electron chi connectivity index (χ3n) is 4.40. The Balaban J connectivity index is 1.91. The Morgan fingerprint density at radius 3 is 2.43 bits per heavy atom. The van der Waals surface area contributed by atoms with Crippen molar-refractivity contribution in [3.05, 3.63) is 58.9 Å². The summed E-state index contributed by atoms with van der Waals surface area (Å²) in [7, 11) is 0. The molecule has 4 heteroatoms. The molecule has 23 heavy (non-hydrogen) atoms. The van der Waals surface area contributed by atoms with Gasteiger partial charge in [0, 0.05) is 25.0 Å². The number of anilines is 1. The summed E-state index contributed by atoms with van der Waals surface area (Å²) >= 11 is 0. The fourth-order valence-electron chi connectivity index (χ4n) is 2.99. The minimum Gasteiger partial charge on any atom is -0.447 e. The lowest BCUT2D eigenvalue weighted by Gasteiger charge is -2.21. The van der Waals surface area contributed by atoms with E-state index in [1.165, 1.54) is 5.69 Å². The Bertz CT molecular complexity index is 706. The molecule has 0 bridgehead atoms. The van der Waals surface area contributed by atoms with E-state index in [2.05, 4.69) is 35.9 Å². The number of fused-ring (bicyclic) bond motifs is 1. The first-order chi connectivity index (χ1) is 11.2. The summed E-state index contributed by atoms with van der Waals surface area (Å²) in [4.78, 5) is 18.9. The number of ether oxygens (including phenoxy) is 1. The van der Waals surface area contributed by atoms with Crippen LogP contribution in [-0.4, -0.2) is 24.0 Å². The molecule has 1 atom stereocenters. The Kier molecular flexibility index (Phi) is 4.33. The van der Waals surface area contributed by atoms with Gasteiger partial charge in [-0.05, 0) is 49.6 Å². The van der Waals surface area contributed by atoms with Crippen LogP contribution >= 0.6 is 0 Å². The highest BCUT2D eigenvalue weighted by molar-refractivity contribution is 5.94. The smallest absolute Gasteiger partial charge is 0.341 e. The second-order valence-electron chi connectivity index (χ2n) is 5.68. The number of cyclic esters (lactones) is 1. The summed E-state index contributed by atoms with van der Waals surface area (Å²) in [5.41, 5.74) is 4.52. The van der Waals surface area contributed by atoms with Crippen molar-refractivity contribution in [1.29, 1.82) is 0 Å². The lowest BCUT2D eigenvalue weighted by Crippen LogP contribution is -2.21. The number of carbonyl (C=O) groups excluding carboxylic acids is 1. The average Bonchev–Trinajstić information content (AvgIpc) is 2.93. The van der Waals surface area contributed by atoms with Crippen molar-refractivity contribution >= 4 is 11.7 Å². The fourth-order valence-corrected chi connectivity index (χ4v) is 2.99. The molecule has 1 aliphatic heterocycles. The van der Waals surface area contributed by atoms with Crippen molar-refractivity contribution in [3.8, 4) is 0 Å². The molecule has 0 saturated heterocycles. The van der Waals surface area contributed by atoms with Crippen molar-refractivity contribution in [2.24, 2.45) is 0 Å². The van der Waals surface area contributed by atoms with E-state index in [0.29, 0.717) is 5.56 Å². The van der Waals surface area contributed by atoms with Crippen molar-refractivity contribution in [3.63, 3.8) is 0 Å². The molecule has 0 N–H and O–H groups in total. The number of rotatable bonds is 5. The van der Waals surface area contributed by atoms with E-state index in [4.69, 9.17) is 4.74 Å². The van der Waals surface area contributed by atoms with Gasteiger partial charge in [-0.15, -0.1) is 0 Å². The van der Waals surface area contributed by atoms with Crippen molar-refractivity contribution in [2.45, 2.75) is 33.3 Å². The summed E-state index contributed by atoms with van der Waals surface area (Å²) in [5, 5.41) is 0. The first kappa shape index (κ1) is 15.5. The van der Waals surface area contributed by atoms with Gasteiger partial charge in [0.2, 0.25) is 0 Å². The number of benzene rings is 1. The zero-order valence-corrected chi connectivity index (χ0v) is 13.9. The maximum Gasteiger partial charge on any atom is 0.341 e. The van der Waals surface area contributed by atoms with Gasteiger partial charge in [-0.1, -0.05) is 19.1 Å². The Morgan fingerprint density at radius 2 is 1.83 bits per heavy atom. The van der Waals surface area contributed by atoms with Crippen LogP contribution in [0.1, 0.15) is 54.1 Å². The molecule has 0 saturated carbocycles. The third-order valence-corrected chi connectivity index (χ3v) is 4.40. The SMILES string of the molecule is CCc1cnc2c(c1)C(=O)OC2c1ccc(N(CC)CC)cc1. The number of esters is 1. The van der Waals surface area contributed by atoms with E-state index in [-0.39, 0.29) is 5.97 Å². The van der Waals surface area contributed by atoms with Gasteiger partial charge in [0.15, 0.2) is 6.10 Å². The second kappa shape index (κ2) is 6.41. The first-order valence-corrected chi connectivity index (χ1v) is 8.22. The van der Waals surface area contributed by atoms with E-state index in [1.54, 1.807) is 0 Å². The van der Waals surface area contributed by atoms with Gasteiger partial charge in [-0.25, -0.2) is 4.79 Å². The Hall–Kier alpha value is -2.36. The quantitative estimate of drug-likeness (QED) is 0.789. The van der Waals surface area contributed by atoms with Crippen molar-refractivity contribution < 1.29 is 9.53 Å². The molecule has 4 nitrogen and oxygen atoms in total. The predicted octanol–water partition coefficient (Wildman–Crippen LogP) is 3.75. The molecule has 120 valence electrons. The number of aromatic nitrogens is 1. The van der Waals surface area contributed by atoms with Gasteiger partial charge < -0.3 is 9.64 Å². The van der Waals surface area contributed by atoms with Gasteiger partial charge in [0.25, 0.3) is 0 Å². The normalized spacial score (nSPS) is 16.1. The first-order valence-electron chi connectivity index (χ1n) is 8.22.